The molecule has 2 atom stereocenters. The molecule has 3 heterocycles. The summed E-state index contributed by atoms with van der Waals surface area (Å²) >= 11 is 0. The number of aryl methyl sites for hydroxylation is 1. The van der Waals surface area contributed by atoms with Crippen molar-refractivity contribution in [2.45, 2.75) is 38.6 Å². The zero-order chi connectivity index (χ0) is 12.4. The van der Waals surface area contributed by atoms with Gasteiger partial charge < -0.3 is 10.2 Å². The Morgan fingerprint density at radius 3 is 3.22 bits per heavy atom. The van der Waals surface area contributed by atoms with Gasteiger partial charge in [0.15, 0.2) is 0 Å². The number of hydrogen-bond donors (Lipinski definition) is 1. The first-order valence-corrected chi connectivity index (χ1v) is 7.16. The van der Waals surface area contributed by atoms with Crippen LogP contribution in [0.15, 0.2) is 12.4 Å². The van der Waals surface area contributed by atoms with Gasteiger partial charge in [-0.1, -0.05) is 6.92 Å². The molecule has 0 spiro atoms. The van der Waals surface area contributed by atoms with Gasteiger partial charge in [0.05, 0.1) is 0 Å². The minimum atomic E-state index is 0.738. The molecule has 1 N–H and O–H groups in total. The molecule has 2 aliphatic rings. The summed E-state index contributed by atoms with van der Waals surface area (Å²) in [5, 5.41) is 3.66. The SMILES string of the molecule is CCc1cc(N2CCC3NCCCC3C2)ncn1. The Bertz CT molecular complexity index is 407. The third-order valence-electron chi connectivity index (χ3n) is 4.29. The van der Waals surface area contributed by atoms with Crippen LogP contribution in [-0.2, 0) is 6.42 Å². The summed E-state index contributed by atoms with van der Waals surface area (Å²) in [7, 11) is 0. The maximum Gasteiger partial charge on any atom is 0.132 e. The molecule has 0 aliphatic carbocycles. The highest BCUT2D eigenvalue weighted by molar-refractivity contribution is 5.39. The number of hydrogen-bond acceptors (Lipinski definition) is 4. The number of nitrogens with zero attached hydrogens (tertiary/aromatic N) is 3. The van der Waals surface area contributed by atoms with Crippen molar-refractivity contribution in [2.75, 3.05) is 24.5 Å². The molecule has 98 valence electrons. The lowest BCUT2D eigenvalue weighted by molar-refractivity contribution is 0.244. The van der Waals surface area contributed by atoms with Crippen molar-refractivity contribution in [1.82, 2.24) is 15.3 Å². The second kappa shape index (κ2) is 5.22. The van der Waals surface area contributed by atoms with Crippen LogP contribution >= 0.6 is 0 Å². The lowest BCUT2D eigenvalue weighted by Crippen LogP contribution is -2.52. The molecular weight excluding hydrogens is 224 g/mol. The van der Waals surface area contributed by atoms with E-state index in [1.54, 1.807) is 6.33 Å². The van der Waals surface area contributed by atoms with Gasteiger partial charge in [-0.25, -0.2) is 9.97 Å². The van der Waals surface area contributed by atoms with Crippen LogP contribution in [0.4, 0.5) is 5.82 Å². The van der Waals surface area contributed by atoms with Crippen molar-refractivity contribution in [2.24, 2.45) is 5.92 Å². The van der Waals surface area contributed by atoms with Crippen LogP contribution in [0, 0.1) is 5.92 Å². The van der Waals surface area contributed by atoms with Gasteiger partial charge in [-0.3, -0.25) is 0 Å². The predicted octanol–water partition coefficient (Wildman–Crippen LogP) is 1.62. The van der Waals surface area contributed by atoms with Crippen LogP contribution in [0.2, 0.25) is 0 Å². The van der Waals surface area contributed by atoms with E-state index in [-0.39, 0.29) is 0 Å². The number of aromatic nitrogens is 2. The molecule has 2 unspecified atom stereocenters. The van der Waals surface area contributed by atoms with E-state index in [1.807, 2.05) is 0 Å². The van der Waals surface area contributed by atoms with E-state index in [2.05, 4.69) is 33.2 Å². The van der Waals surface area contributed by atoms with E-state index in [9.17, 15) is 0 Å². The maximum absolute atomic E-state index is 4.44. The highest BCUT2D eigenvalue weighted by Crippen LogP contribution is 2.27. The molecule has 18 heavy (non-hydrogen) atoms. The number of piperidine rings is 2. The Hall–Kier alpha value is -1.16. The summed E-state index contributed by atoms with van der Waals surface area (Å²) in [6.07, 6.45) is 6.62. The number of anilines is 1. The van der Waals surface area contributed by atoms with E-state index in [0.717, 1.165) is 43.0 Å². The summed E-state index contributed by atoms with van der Waals surface area (Å²) in [4.78, 5) is 11.2. The molecule has 0 radical (unpaired) electrons. The molecule has 2 fully saturated rings. The van der Waals surface area contributed by atoms with Crippen molar-refractivity contribution in [3.05, 3.63) is 18.1 Å². The van der Waals surface area contributed by atoms with Gasteiger partial charge in [-0.05, 0) is 38.1 Å². The van der Waals surface area contributed by atoms with Crippen molar-refractivity contribution in [1.29, 1.82) is 0 Å². The van der Waals surface area contributed by atoms with Gasteiger partial charge in [0, 0.05) is 30.9 Å². The Morgan fingerprint density at radius 2 is 2.33 bits per heavy atom. The molecular formula is C14H22N4. The molecule has 2 aliphatic heterocycles. The zero-order valence-corrected chi connectivity index (χ0v) is 11.1. The van der Waals surface area contributed by atoms with Crippen LogP contribution in [-0.4, -0.2) is 35.6 Å². The summed E-state index contributed by atoms with van der Waals surface area (Å²) in [5.74, 6) is 1.92. The van der Waals surface area contributed by atoms with Crippen LogP contribution < -0.4 is 10.2 Å². The summed E-state index contributed by atoms with van der Waals surface area (Å²) in [5.41, 5.74) is 1.14. The molecule has 1 aromatic heterocycles. The number of rotatable bonds is 2. The Kier molecular flexibility index (Phi) is 3.46. The fraction of sp³-hybridized carbons (Fsp3) is 0.714. The standard InChI is InChI=1S/C14H22N4/c1-2-12-8-14(17-10-16-12)18-7-5-13-11(9-18)4-3-6-15-13/h8,10-11,13,15H,2-7,9H2,1H3. The van der Waals surface area contributed by atoms with Crippen LogP contribution in [0.5, 0.6) is 0 Å². The Labute approximate surface area is 109 Å². The molecule has 0 saturated carbocycles. The largest absolute Gasteiger partial charge is 0.356 e. The van der Waals surface area contributed by atoms with Gasteiger partial charge in [-0.15, -0.1) is 0 Å². The molecule has 0 amide bonds. The quantitative estimate of drug-likeness (QED) is 0.861. The topological polar surface area (TPSA) is 41.0 Å². The van der Waals surface area contributed by atoms with Crippen LogP contribution in [0.1, 0.15) is 31.9 Å². The minimum Gasteiger partial charge on any atom is -0.356 e. The maximum atomic E-state index is 4.44. The first-order valence-electron chi connectivity index (χ1n) is 7.16. The van der Waals surface area contributed by atoms with Crippen molar-refractivity contribution in [3.8, 4) is 0 Å². The molecule has 4 heteroatoms. The Morgan fingerprint density at radius 1 is 1.39 bits per heavy atom. The lowest BCUT2D eigenvalue weighted by atomic mass is 9.85. The van der Waals surface area contributed by atoms with Crippen LogP contribution in [0.3, 0.4) is 0 Å². The molecule has 2 saturated heterocycles. The molecule has 0 bridgehead atoms. The molecule has 3 rings (SSSR count). The van der Waals surface area contributed by atoms with Gasteiger partial charge >= 0.3 is 0 Å². The van der Waals surface area contributed by atoms with Gasteiger partial charge in [0.2, 0.25) is 0 Å². The van der Waals surface area contributed by atoms with Crippen LogP contribution in [0.25, 0.3) is 0 Å². The fourth-order valence-corrected chi connectivity index (χ4v) is 3.21. The summed E-state index contributed by atoms with van der Waals surface area (Å²) in [6.45, 7) is 5.62. The minimum absolute atomic E-state index is 0.738. The first kappa shape index (κ1) is 11.9. The molecule has 1 aromatic rings. The summed E-state index contributed by atoms with van der Waals surface area (Å²) < 4.78 is 0. The fourth-order valence-electron chi connectivity index (χ4n) is 3.21. The Balaban J connectivity index is 1.72. The summed E-state index contributed by atoms with van der Waals surface area (Å²) in [6, 6.07) is 2.89. The highest BCUT2D eigenvalue weighted by Gasteiger charge is 2.31. The van der Waals surface area contributed by atoms with E-state index >= 15 is 0 Å². The third kappa shape index (κ3) is 2.34. The second-order valence-corrected chi connectivity index (χ2v) is 5.42. The van der Waals surface area contributed by atoms with E-state index in [4.69, 9.17) is 0 Å². The van der Waals surface area contributed by atoms with E-state index < -0.39 is 0 Å². The lowest BCUT2D eigenvalue weighted by Gasteiger charge is -2.42. The van der Waals surface area contributed by atoms with Crippen molar-refractivity contribution < 1.29 is 0 Å². The van der Waals surface area contributed by atoms with Gasteiger partial charge in [0.25, 0.3) is 0 Å². The van der Waals surface area contributed by atoms with Gasteiger partial charge in [-0.2, -0.15) is 0 Å². The van der Waals surface area contributed by atoms with E-state index in [0.29, 0.717) is 0 Å². The molecule has 4 nitrogen and oxygen atoms in total. The predicted molar refractivity (Wildman–Crippen MR) is 72.8 cm³/mol. The van der Waals surface area contributed by atoms with E-state index in [1.165, 1.54) is 25.8 Å². The average Bonchev–Trinajstić information content (AvgIpc) is 2.47. The van der Waals surface area contributed by atoms with Gasteiger partial charge in [0.1, 0.15) is 12.1 Å². The van der Waals surface area contributed by atoms with Crippen molar-refractivity contribution in [3.63, 3.8) is 0 Å². The number of fused-ring (bicyclic) bond motifs is 1. The smallest absolute Gasteiger partial charge is 0.132 e. The van der Waals surface area contributed by atoms with Crippen molar-refractivity contribution >= 4 is 5.82 Å². The first-order chi connectivity index (χ1) is 8.86. The molecule has 0 aromatic carbocycles. The monoisotopic (exact) mass is 246 g/mol. The third-order valence-corrected chi connectivity index (χ3v) is 4.29. The normalized spacial score (nSPS) is 27.9. The highest BCUT2D eigenvalue weighted by atomic mass is 15.2. The second-order valence-electron chi connectivity index (χ2n) is 5.42. The zero-order valence-electron chi connectivity index (χ0n) is 11.1. The average molecular weight is 246 g/mol. The number of nitrogens with one attached hydrogen (secondary N) is 1.